The zero-order valence-corrected chi connectivity index (χ0v) is 10.4. The van der Waals surface area contributed by atoms with Gasteiger partial charge in [0.1, 0.15) is 12.1 Å². The van der Waals surface area contributed by atoms with Crippen LogP contribution in [0.4, 0.5) is 0 Å². The minimum atomic E-state index is 0.435. The molecule has 0 saturated heterocycles. The average molecular weight is 242 g/mol. The largest absolute Gasteiger partial charge is 0.192 e. The monoisotopic (exact) mass is 242 g/mol. The maximum Gasteiger partial charge on any atom is 0.101 e. The van der Waals surface area contributed by atoms with Gasteiger partial charge in [-0.15, -0.1) is 13.2 Å². The molecule has 2 nitrogen and oxygen atoms in total. The van der Waals surface area contributed by atoms with E-state index in [1.165, 1.54) is 0 Å². The topological polar surface area (TPSA) is 47.6 Å². The van der Waals surface area contributed by atoms with Gasteiger partial charge in [0.25, 0.3) is 0 Å². The van der Waals surface area contributed by atoms with Crippen molar-refractivity contribution in [2.45, 2.75) is 0 Å². The van der Waals surface area contributed by atoms with Crippen molar-refractivity contribution in [1.29, 1.82) is 10.5 Å². The third-order valence-corrected chi connectivity index (χ3v) is 2.58. The van der Waals surface area contributed by atoms with Gasteiger partial charge in [-0.25, -0.2) is 0 Å². The fourth-order valence-electron chi connectivity index (χ4n) is 0.913. The Labute approximate surface area is 107 Å². The maximum absolute atomic E-state index is 8.45. The molecule has 0 saturated carbocycles. The third kappa shape index (κ3) is 7.00. The highest BCUT2D eigenvalue weighted by Crippen LogP contribution is 2.03. The predicted octanol–water partition coefficient (Wildman–Crippen LogP) is 3.52. The molecule has 0 unspecified atom stereocenters. The van der Waals surface area contributed by atoms with E-state index in [-0.39, 0.29) is 0 Å². The van der Waals surface area contributed by atoms with Crippen LogP contribution in [0, 0.1) is 22.7 Å². The molecule has 0 radical (unpaired) electrons. The van der Waals surface area contributed by atoms with Crippen molar-refractivity contribution in [2.75, 3.05) is 11.5 Å². The first-order valence-electron chi connectivity index (χ1n) is 4.98. The molecule has 1 aromatic rings. The Bertz CT molecular complexity index is 397. The van der Waals surface area contributed by atoms with Gasteiger partial charge in [-0.2, -0.15) is 22.3 Å². The van der Waals surface area contributed by atoms with E-state index in [2.05, 4.69) is 13.2 Å². The van der Waals surface area contributed by atoms with Crippen LogP contribution in [0.3, 0.4) is 0 Å². The number of hydrogen-bond donors (Lipinski definition) is 0. The minimum Gasteiger partial charge on any atom is -0.192 e. The number of thioether (sulfide) groups is 1. The first-order valence-corrected chi connectivity index (χ1v) is 6.14. The summed E-state index contributed by atoms with van der Waals surface area (Å²) in [6.45, 7) is 7.15. The van der Waals surface area contributed by atoms with Crippen LogP contribution in [0.5, 0.6) is 0 Å². The molecule has 17 heavy (non-hydrogen) atoms. The van der Waals surface area contributed by atoms with Crippen LogP contribution in [0.2, 0.25) is 0 Å². The lowest BCUT2D eigenvalue weighted by molar-refractivity contribution is 1.43. The van der Waals surface area contributed by atoms with E-state index in [4.69, 9.17) is 10.5 Å². The van der Waals surface area contributed by atoms with Gasteiger partial charge >= 0.3 is 0 Å². The molecule has 0 fully saturated rings. The molecule has 1 rings (SSSR count). The normalized spacial score (nSPS) is 7.88. The molecule has 0 aliphatic heterocycles. The number of benzene rings is 1. The molecular weight excluding hydrogens is 228 g/mol. The lowest BCUT2D eigenvalue weighted by Gasteiger charge is -1.88. The van der Waals surface area contributed by atoms with Crippen molar-refractivity contribution in [1.82, 2.24) is 0 Å². The molecule has 86 valence electrons. The van der Waals surface area contributed by atoms with Crippen LogP contribution in [0.25, 0.3) is 0 Å². The number of nitriles is 2. The fraction of sp³-hybridized carbons (Fsp3) is 0.143. The SMILES string of the molecule is C=CCSCC=C.N#Cc1ccccc1C#N. The van der Waals surface area contributed by atoms with Gasteiger partial charge < -0.3 is 0 Å². The third-order valence-electron chi connectivity index (χ3n) is 1.64. The fourth-order valence-corrected chi connectivity index (χ4v) is 1.38. The second-order valence-electron chi connectivity index (χ2n) is 2.88. The summed E-state index contributed by atoms with van der Waals surface area (Å²) < 4.78 is 0. The maximum atomic E-state index is 8.45. The summed E-state index contributed by atoms with van der Waals surface area (Å²) in [5, 5.41) is 16.9. The Hall–Kier alpha value is -1.97. The minimum absolute atomic E-state index is 0.435. The first kappa shape index (κ1) is 15.0. The van der Waals surface area contributed by atoms with Crippen LogP contribution >= 0.6 is 11.8 Å². The van der Waals surface area contributed by atoms with Gasteiger partial charge in [-0.1, -0.05) is 24.3 Å². The van der Waals surface area contributed by atoms with E-state index in [1.54, 1.807) is 24.3 Å². The van der Waals surface area contributed by atoms with E-state index in [0.717, 1.165) is 11.5 Å². The van der Waals surface area contributed by atoms with E-state index < -0.39 is 0 Å². The smallest absolute Gasteiger partial charge is 0.101 e. The van der Waals surface area contributed by atoms with Crippen molar-refractivity contribution < 1.29 is 0 Å². The average Bonchev–Trinajstić information content (AvgIpc) is 2.40. The summed E-state index contributed by atoms with van der Waals surface area (Å²) in [6.07, 6.45) is 3.79. The second kappa shape index (κ2) is 10.5. The van der Waals surface area contributed by atoms with Crippen LogP contribution in [0.1, 0.15) is 11.1 Å². The van der Waals surface area contributed by atoms with Crippen LogP contribution in [-0.4, -0.2) is 11.5 Å². The molecule has 0 atom stereocenters. The predicted molar refractivity (Wildman–Crippen MR) is 73.6 cm³/mol. The number of nitrogens with zero attached hydrogens (tertiary/aromatic N) is 2. The zero-order valence-electron chi connectivity index (χ0n) is 9.60. The molecule has 0 bridgehead atoms. The number of hydrogen-bond acceptors (Lipinski definition) is 3. The lowest BCUT2D eigenvalue weighted by Crippen LogP contribution is -1.79. The van der Waals surface area contributed by atoms with E-state index >= 15 is 0 Å². The summed E-state index contributed by atoms with van der Waals surface area (Å²) in [7, 11) is 0. The van der Waals surface area contributed by atoms with Gasteiger partial charge in [-0.3, -0.25) is 0 Å². The second-order valence-corrected chi connectivity index (χ2v) is 3.96. The van der Waals surface area contributed by atoms with Gasteiger partial charge in [-0.05, 0) is 12.1 Å². The summed E-state index contributed by atoms with van der Waals surface area (Å²) in [5.74, 6) is 2.07. The Balaban J connectivity index is 0.000000325. The Morgan fingerprint density at radius 2 is 1.41 bits per heavy atom. The summed E-state index contributed by atoms with van der Waals surface area (Å²) >= 11 is 1.82. The molecule has 0 aromatic heterocycles. The molecule has 0 N–H and O–H groups in total. The van der Waals surface area contributed by atoms with E-state index in [0.29, 0.717) is 11.1 Å². The lowest BCUT2D eigenvalue weighted by atomic mass is 10.1. The summed E-state index contributed by atoms with van der Waals surface area (Å²) in [4.78, 5) is 0. The Kier molecular flexibility index (Phi) is 9.32. The molecule has 0 amide bonds. The van der Waals surface area contributed by atoms with Crippen molar-refractivity contribution in [2.24, 2.45) is 0 Å². The highest BCUT2D eigenvalue weighted by atomic mass is 32.2. The molecule has 0 spiro atoms. The van der Waals surface area contributed by atoms with Gasteiger partial charge in [0.05, 0.1) is 11.1 Å². The molecule has 0 aliphatic rings. The molecular formula is C14H14N2S. The molecule has 0 heterocycles. The summed E-state index contributed by atoms with van der Waals surface area (Å²) in [6, 6.07) is 10.6. The van der Waals surface area contributed by atoms with Crippen molar-refractivity contribution >= 4 is 11.8 Å². The quantitative estimate of drug-likeness (QED) is 0.599. The number of rotatable bonds is 4. The van der Waals surface area contributed by atoms with Gasteiger partial charge in [0, 0.05) is 11.5 Å². The molecule has 3 heteroatoms. The van der Waals surface area contributed by atoms with Crippen LogP contribution in [0.15, 0.2) is 49.6 Å². The summed E-state index contributed by atoms with van der Waals surface area (Å²) in [5.41, 5.74) is 0.870. The zero-order chi connectivity index (χ0) is 12.9. The van der Waals surface area contributed by atoms with Crippen molar-refractivity contribution in [3.8, 4) is 12.1 Å². The van der Waals surface area contributed by atoms with Crippen molar-refractivity contribution in [3.63, 3.8) is 0 Å². The van der Waals surface area contributed by atoms with Gasteiger partial charge in [0.2, 0.25) is 0 Å². The van der Waals surface area contributed by atoms with E-state index in [9.17, 15) is 0 Å². The van der Waals surface area contributed by atoms with E-state index in [1.807, 2.05) is 36.1 Å². The Morgan fingerprint density at radius 1 is 1.00 bits per heavy atom. The van der Waals surface area contributed by atoms with Crippen LogP contribution < -0.4 is 0 Å². The highest BCUT2D eigenvalue weighted by molar-refractivity contribution is 7.99. The highest BCUT2D eigenvalue weighted by Gasteiger charge is 1.95. The standard InChI is InChI=1S/C8H4N2.C6H10S/c9-5-7-3-1-2-4-8(7)6-10;1-3-5-7-6-4-2/h1-4H;3-4H,1-2,5-6H2. The Morgan fingerprint density at radius 3 is 1.71 bits per heavy atom. The molecule has 1 aromatic carbocycles. The van der Waals surface area contributed by atoms with Crippen LogP contribution in [-0.2, 0) is 0 Å². The first-order chi connectivity index (χ1) is 8.29. The van der Waals surface area contributed by atoms with Gasteiger partial charge in [0.15, 0.2) is 0 Å². The van der Waals surface area contributed by atoms with Crippen molar-refractivity contribution in [3.05, 3.63) is 60.7 Å². The molecule has 0 aliphatic carbocycles.